The SMILES string of the molecule is CC(C(=O)NCCNC(=O)CN1C(=O)c2ccccc2C1=O)N1C(=O)c2ccccc2C1=O. The van der Waals surface area contributed by atoms with Crippen LogP contribution in [0.25, 0.3) is 0 Å². The first-order valence-corrected chi connectivity index (χ1v) is 10.3. The second kappa shape index (κ2) is 8.65. The second-order valence-electron chi connectivity index (χ2n) is 7.58. The maximum absolute atomic E-state index is 12.5. The predicted molar refractivity (Wildman–Crippen MR) is 114 cm³/mol. The van der Waals surface area contributed by atoms with E-state index in [4.69, 9.17) is 0 Å². The Balaban J connectivity index is 1.24. The van der Waals surface area contributed by atoms with Crippen LogP contribution in [0.15, 0.2) is 48.5 Å². The molecule has 1 atom stereocenters. The average molecular weight is 448 g/mol. The molecule has 0 saturated carbocycles. The largest absolute Gasteiger partial charge is 0.353 e. The molecule has 0 aliphatic carbocycles. The van der Waals surface area contributed by atoms with Gasteiger partial charge in [0.05, 0.1) is 22.3 Å². The van der Waals surface area contributed by atoms with Crippen LogP contribution in [0.5, 0.6) is 0 Å². The topological polar surface area (TPSA) is 133 Å². The van der Waals surface area contributed by atoms with Gasteiger partial charge in [0.1, 0.15) is 12.6 Å². The van der Waals surface area contributed by atoms with Gasteiger partial charge in [0, 0.05) is 13.1 Å². The molecule has 2 heterocycles. The van der Waals surface area contributed by atoms with Crippen molar-refractivity contribution < 1.29 is 28.8 Å². The third-order valence-electron chi connectivity index (χ3n) is 5.52. The van der Waals surface area contributed by atoms with Crippen LogP contribution in [0.3, 0.4) is 0 Å². The van der Waals surface area contributed by atoms with E-state index in [2.05, 4.69) is 10.6 Å². The van der Waals surface area contributed by atoms with Gasteiger partial charge in [-0.1, -0.05) is 24.3 Å². The molecule has 2 aromatic carbocycles. The first-order chi connectivity index (χ1) is 15.8. The molecule has 1 unspecified atom stereocenters. The molecule has 2 aromatic rings. The molecule has 2 N–H and O–H groups in total. The minimum Gasteiger partial charge on any atom is -0.353 e. The van der Waals surface area contributed by atoms with Crippen molar-refractivity contribution in [2.24, 2.45) is 0 Å². The third-order valence-corrected chi connectivity index (χ3v) is 5.52. The Morgan fingerprint density at radius 1 is 0.727 bits per heavy atom. The molecule has 6 amide bonds. The van der Waals surface area contributed by atoms with Crippen LogP contribution in [0.4, 0.5) is 0 Å². The van der Waals surface area contributed by atoms with Crippen molar-refractivity contribution in [2.45, 2.75) is 13.0 Å². The molecule has 0 bridgehead atoms. The summed E-state index contributed by atoms with van der Waals surface area (Å²) in [6.07, 6.45) is 0. The van der Waals surface area contributed by atoms with Crippen molar-refractivity contribution >= 4 is 35.4 Å². The number of benzene rings is 2. The third kappa shape index (κ3) is 3.86. The summed E-state index contributed by atoms with van der Waals surface area (Å²) >= 11 is 0. The number of rotatable bonds is 7. The Labute approximate surface area is 188 Å². The monoisotopic (exact) mass is 448 g/mol. The summed E-state index contributed by atoms with van der Waals surface area (Å²) in [6.45, 7) is 1.06. The molecule has 0 saturated heterocycles. The number of imide groups is 2. The fourth-order valence-electron chi connectivity index (χ4n) is 3.79. The molecule has 168 valence electrons. The van der Waals surface area contributed by atoms with Crippen molar-refractivity contribution in [2.75, 3.05) is 19.6 Å². The van der Waals surface area contributed by atoms with E-state index < -0.39 is 48.0 Å². The molecule has 33 heavy (non-hydrogen) atoms. The zero-order valence-corrected chi connectivity index (χ0v) is 17.7. The van der Waals surface area contributed by atoms with E-state index >= 15 is 0 Å². The van der Waals surface area contributed by atoms with Gasteiger partial charge in [-0.25, -0.2) is 0 Å². The van der Waals surface area contributed by atoms with Crippen molar-refractivity contribution in [3.63, 3.8) is 0 Å². The Kier molecular flexibility index (Phi) is 5.74. The smallest absolute Gasteiger partial charge is 0.262 e. The zero-order valence-electron chi connectivity index (χ0n) is 17.7. The molecule has 0 aromatic heterocycles. The van der Waals surface area contributed by atoms with Gasteiger partial charge < -0.3 is 10.6 Å². The Hall–Kier alpha value is -4.34. The van der Waals surface area contributed by atoms with E-state index in [1.165, 1.54) is 31.2 Å². The van der Waals surface area contributed by atoms with Crippen LogP contribution >= 0.6 is 0 Å². The molecule has 0 radical (unpaired) electrons. The van der Waals surface area contributed by atoms with Gasteiger partial charge in [-0.2, -0.15) is 0 Å². The van der Waals surface area contributed by atoms with Crippen LogP contribution in [-0.4, -0.2) is 70.9 Å². The van der Waals surface area contributed by atoms with Gasteiger partial charge in [-0.15, -0.1) is 0 Å². The first-order valence-electron chi connectivity index (χ1n) is 10.3. The van der Waals surface area contributed by atoms with Gasteiger partial charge in [0.15, 0.2) is 0 Å². The van der Waals surface area contributed by atoms with E-state index in [0.29, 0.717) is 0 Å². The molecule has 10 nitrogen and oxygen atoms in total. The van der Waals surface area contributed by atoms with Gasteiger partial charge in [0.25, 0.3) is 23.6 Å². The number of hydrogen-bond donors (Lipinski definition) is 2. The molecule has 4 rings (SSSR count). The zero-order chi connectivity index (χ0) is 23.7. The summed E-state index contributed by atoms with van der Waals surface area (Å²) in [5.74, 6) is -3.26. The van der Waals surface area contributed by atoms with Gasteiger partial charge in [-0.3, -0.25) is 38.6 Å². The molecule has 0 fully saturated rings. The highest BCUT2D eigenvalue weighted by molar-refractivity contribution is 6.23. The number of nitrogens with zero attached hydrogens (tertiary/aromatic N) is 2. The van der Waals surface area contributed by atoms with Crippen molar-refractivity contribution in [3.05, 3.63) is 70.8 Å². The normalized spacial score (nSPS) is 15.4. The number of hydrogen-bond acceptors (Lipinski definition) is 6. The molecular weight excluding hydrogens is 428 g/mol. The van der Waals surface area contributed by atoms with Crippen LogP contribution in [0.1, 0.15) is 48.4 Å². The Morgan fingerprint density at radius 2 is 1.15 bits per heavy atom. The lowest BCUT2D eigenvalue weighted by atomic mass is 10.1. The minimum absolute atomic E-state index is 0.0280. The van der Waals surface area contributed by atoms with E-state index in [1.807, 2.05) is 0 Å². The van der Waals surface area contributed by atoms with E-state index in [-0.39, 0.29) is 35.3 Å². The highest BCUT2D eigenvalue weighted by Crippen LogP contribution is 2.24. The number of carbonyl (C=O) groups is 6. The average Bonchev–Trinajstić information content (AvgIpc) is 3.21. The molecular formula is C23H20N4O6. The van der Waals surface area contributed by atoms with Crippen LogP contribution in [0.2, 0.25) is 0 Å². The summed E-state index contributed by atoms with van der Waals surface area (Å²) < 4.78 is 0. The summed E-state index contributed by atoms with van der Waals surface area (Å²) in [6, 6.07) is 11.6. The van der Waals surface area contributed by atoms with Crippen molar-refractivity contribution in [1.82, 2.24) is 20.4 Å². The quantitative estimate of drug-likeness (QED) is 0.459. The number of amides is 6. The molecule has 10 heteroatoms. The van der Waals surface area contributed by atoms with Crippen molar-refractivity contribution in [3.8, 4) is 0 Å². The van der Waals surface area contributed by atoms with Gasteiger partial charge in [-0.05, 0) is 31.2 Å². The summed E-state index contributed by atoms with van der Waals surface area (Å²) in [7, 11) is 0. The van der Waals surface area contributed by atoms with E-state index in [9.17, 15) is 28.8 Å². The highest BCUT2D eigenvalue weighted by Gasteiger charge is 2.40. The minimum atomic E-state index is -1.04. The van der Waals surface area contributed by atoms with Gasteiger partial charge in [0.2, 0.25) is 11.8 Å². The fraction of sp³-hybridized carbons (Fsp3) is 0.217. The lowest BCUT2D eigenvalue weighted by Crippen LogP contribution is -2.49. The standard InChI is InChI=1S/C23H20N4O6/c1-13(27-22(32)16-8-4-5-9-17(16)23(27)33)19(29)25-11-10-24-18(28)12-26-20(30)14-6-2-3-7-15(14)21(26)31/h2-9,13H,10-12H2,1H3,(H,24,28)(H,25,29). The van der Waals surface area contributed by atoms with Crippen LogP contribution in [-0.2, 0) is 9.59 Å². The lowest BCUT2D eigenvalue weighted by Gasteiger charge is -2.21. The maximum atomic E-state index is 12.5. The van der Waals surface area contributed by atoms with Gasteiger partial charge >= 0.3 is 0 Å². The van der Waals surface area contributed by atoms with E-state index in [0.717, 1.165) is 9.80 Å². The highest BCUT2D eigenvalue weighted by atomic mass is 16.2. The lowest BCUT2D eigenvalue weighted by molar-refractivity contribution is -0.125. The summed E-state index contributed by atoms with van der Waals surface area (Å²) in [5.41, 5.74) is 1.01. The predicted octanol–water partition coefficient (Wildman–Crippen LogP) is 0.200. The summed E-state index contributed by atoms with van der Waals surface area (Å²) in [5, 5.41) is 5.09. The van der Waals surface area contributed by atoms with Crippen molar-refractivity contribution in [1.29, 1.82) is 0 Å². The molecule has 2 aliphatic rings. The van der Waals surface area contributed by atoms with E-state index in [1.54, 1.807) is 24.3 Å². The Morgan fingerprint density at radius 3 is 1.64 bits per heavy atom. The molecule has 0 spiro atoms. The van der Waals surface area contributed by atoms with Crippen LogP contribution in [0, 0.1) is 0 Å². The molecule has 2 aliphatic heterocycles. The summed E-state index contributed by atoms with van der Waals surface area (Å²) in [4.78, 5) is 76.0. The number of nitrogens with one attached hydrogen (secondary N) is 2. The first kappa shape index (κ1) is 21.9. The second-order valence-corrected chi connectivity index (χ2v) is 7.58. The maximum Gasteiger partial charge on any atom is 0.262 e. The van der Waals surface area contributed by atoms with Crippen LogP contribution < -0.4 is 10.6 Å². The number of carbonyl (C=O) groups excluding carboxylic acids is 6. The Bertz CT molecular complexity index is 1140. The fourth-order valence-corrected chi connectivity index (χ4v) is 3.79. The number of fused-ring (bicyclic) bond motifs is 2.